The summed E-state index contributed by atoms with van der Waals surface area (Å²) >= 11 is 0. The Morgan fingerprint density at radius 2 is 2.45 bits per heavy atom. The van der Waals surface area contributed by atoms with E-state index in [1.54, 1.807) is 4.52 Å². The van der Waals surface area contributed by atoms with Crippen LogP contribution in [0.4, 0.5) is 5.82 Å². The van der Waals surface area contributed by atoms with Crippen LogP contribution in [0.3, 0.4) is 0 Å². The summed E-state index contributed by atoms with van der Waals surface area (Å²) in [5.41, 5.74) is 0.975. The van der Waals surface area contributed by atoms with Gasteiger partial charge in [0.1, 0.15) is 11.8 Å². The van der Waals surface area contributed by atoms with Gasteiger partial charge < -0.3 is 5.09 Å². The van der Waals surface area contributed by atoms with Gasteiger partial charge in [-0.3, -0.25) is 0 Å². The predicted octanol–water partition coefficient (Wildman–Crippen LogP) is 0.931. The Morgan fingerprint density at radius 3 is 3.27 bits per heavy atom. The standard InChI is InChI=1S/C6H7N4P/c11-9-6-5-2-1-3-10(5)8-4-7-6/h1-4H,11H2,(H,7,8,9). The van der Waals surface area contributed by atoms with E-state index in [0.29, 0.717) is 0 Å². The van der Waals surface area contributed by atoms with E-state index in [1.807, 2.05) is 18.3 Å². The molecular formula is C6H7N4P. The Bertz CT molecular complexity index is 369. The van der Waals surface area contributed by atoms with Crippen molar-refractivity contribution in [2.45, 2.75) is 0 Å². The van der Waals surface area contributed by atoms with Gasteiger partial charge in [0.25, 0.3) is 0 Å². The van der Waals surface area contributed by atoms with Crippen molar-refractivity contribution in [3.8, 4) is 0 Å². The molecule has 0 aliphatic carbocycles. The van der Waals surface area contributed by atoms with Crippen LogP contribution in [0.25, 0.3) is 5.52 Å². The monoisotopic (exact) mass is 166 g/mol. The molecule has 1 atom stereocenters. The van der Waals surface area contributed by atoms with Gasteiger partial charge in [0.05, 0.1) is 0 Å². The zero-order valence-electron chi connectivity index (χ0n) is 5.73. The van der Waals surface area contributed by atoms with Gasteiger partial charge in [-0.1, -0.05) is 0 Å². The van der Waals surface area contributed by atoms with Crippen molar-refractivity contribution in [1.29, 1.82) is 0 Å². The van der Waals surface area contributed by atoms with Gasteiger partial charge in [0.2, 0.25) is 0 Å². The largest absolute Gasteiger partial charge is 0.353 e. The molecule has 2 rings (SSSR count). The molecule has 1 unspecified atom stereocenters. The van der Waals surface area contributed by atoms with Gasteiger partial charge in [0, 0.05) is 6.20 Å². The van der Waals surface area contributed by atoms with Crippen molar-refractivity contribution in [3.63, 3.8) is 0 Å². The molecule has 5 heteroatoms. The first-order chi connectivity index (χ1) is 5.42. The Hall–Kier alpha value is -1.15. The van der Waals surface area contributed by atoms with Crippen molar-refractivity contribution < 1.29 is 0 Å². The molecule has 0 radical (unpaired) electrons. The molecule has 0 saturated heterocycles. The Morgan fingerprint density at radius 1 is 1.55 bits per heavy atom. The third kappa shape index (κ3) is 0.955. The Kier molecular flexibility index (Phi) is 1.47. The van der Waals surface area contributed by atoms with Crippen LogP contribution in [0.15, 0.2) is 24.7 Å². The minimum absolute atomic E-state index is 0.815. The van der Waals surface area contributed by atoms with E-state index in [4.69, 9.17) is 0 Å². The second-order valence-electron chi connectivity index (χ2n) is 2.09. The third-order valence-electron chi connectivity index (χ3n) is 1.47. The zero-order valence-corrected chi connectivity index (χ0v) is 6.88. The molecule has 0 bridgehead atoms. The smallest absolute Gasteiger partial charge is 0.156 e. The first-order valence-corrected chi connectivity index (χ1v) is 3.74. The lowest BCUT2D eigenvalue weighted by molar-refractivity contribution is 0.908. The number of hydrogen-bond acceptors (Lipinski definition) is 3. The molecule has 4 nitrogen and oxygen atoms in total. The first-order valence-electron chi connectivity index (χ1n) is 3.17. The molecule has 0 amide bonds. The molecule has 0 fully saturated rings. The lowest BCUT2D eigenvalue weighted by Gasteiger charge is -1.99. The van der Waals surface area contributed by atoms with Crippen LogP contribution in [0.5, 0.6) is 0 Å². The van der Waals surface area contributed by atoms with Crippen molar-refractivity contribution in [3.05, 3.63) is 24.7 Å². The van der Waals surface area contributed by atoms with E-state index in [9.17, 15) is 0 Å². The van der Waals surface area contributed by atoms with Gasteiger partial charge in [-0.05, 0) is 21.5 Å². The van der Waals surface area contributed by atoms with Crippen molar-refractivity contribution in [2.24, 2.45) is 0 Å². The summed E-state index contributed by atoms with van der Waals surface area (Å²) in [6.45, 7) is 0. The van der Waals surface area contributed by atoms with Crippen LogP contribution in [-0.2, 0) is 0 Å². The minimum atomic E-state index is 0.815. The van der Waals surface area contributed by atoms with Gasteiger partial charge in [-0.2, -0.15) is 5.10 Å². The SMILES string of the molecule is PNc1ncnn2cccc12. The summed E-state index contributed by atoms with van der Waals surface area (Å²) < 4.78 is 1.76. The lowest BCUT2D eigenvalue weighted by atomic mass is 10.5. The summed E-state index contributed by atoms with van der Waals surface area (Å²) in [7, 11) is 2.41. The fraction of sp³-hybridized carbons (Fsp3) is 0. The maximum Gasteiger partial charge on any atom is 0.156 e. The van der Waals surface area contributed by atoms with Gasteiger partial charge in [-0.25, -0.2) is 9.50 Å². The van der Waals surface area contributed by atoms with Crippen LogP contribution in [0.1, 0.15) is 0 Å². The maximum absolute atomic E-state index is 4.03. The molecule has 0 spiro atoms. The van der Waals surface area contributed by atoms with Crippen LogP contribution >= 0.6 is 9.39 Å². The molecule has 56 valence electrons. The molecule has 1 N–H and O–H groups in total. The Labute approximate surface area is 65.9 Å². The summed E-state index contributed by atoms with van der Waals surface area (Å²) in [5, 5.41) is 6.91. The summed E-state index contributed by atoms with van der Waals surface area (Å²) in [6, 6.07) is 3.88. The van der Waals surface area contributed by atoms with Gasteiger partial charge >= 0.3 is 0 Å². The molecule has 0 aromatic carbocycles. The maximum atomic E-state index is 4.03. The molecule has 2 aromatic heterocycles. The molecule has 2 heterocycles. The number of aromatic nitrogens is 3. The van der Waals surface area contributed by atoms with Gasteiger partial charge in [0.15, 0.2) is 5.82 Å². The number of nitrogens with one attached hydrogen (secondary N) is 1. The second kappa shape index (κ2) is 2.47. The second-order valence-corrected chi connectivity index (χ2v) is 2.38. The van der Waals surface area contributed by atoms with E-state index < -0.39 is 0 Å². The fourth-order valence-corrected chi connectivity index (χ4v) is 1.20. The van der Waals surface area contributed by atoms with E-state index >= 15 is 0 Å². The highest BCUT2D eigenvalue weighted by atomic mass is 31.0. The molecular weight excluding hydrogens is 159 g/mol. The summed E-state index contributed by atoms with van der Waals surface area (Å²) in [6.07, 6.45) is 3.39. The predicted molar refractivity (Wildman–Crippen MR) is 46.3 cm³/mol. The van der Waals surface area contributed by atoms with Crippen LogP contribution in [0, 0.1) is 0 Å². The number of rotatable bonds is 1. The number of fused-ring (bicyclic) bond motifs is 1. The highest BCUT2D eigenvalue weighted by Crippen LogP contribution is 2.13. The van der Waals surface area contributed by atoms with Crippen molar-refractivity contribution in [1.82, 2.24) is 14.6 Å². The topological polar surface area (TPSA) is 42.2 Å². The van der Waals surface area contributed by atoms with Crippen molar-refractivity contribution in [2.75, 3.05) is 5.09 Å². The van der Waals surface area contributed by atoms with Crippen molar-refractivity contribution >= 4 is 20.7 Å². The third-order valence-corrected chi connectivity index (χ3v) is 1.74. The molecule has 0 aliphatic heterocycles. The quantitative estimate of drug-likeness (QED) is 0.641. The van der Waals surface area contributed by atoms with Crippen LogP contribution in [-0.4, -0.2) is 14.6 Å². The molecule has 2 aromatic rings. The first kappa shape index (κ1) is 6.55. The average molecular weight is 166 g/mol. The normalized spacial score (nSPS) is 10.3. The lowest BCUT2D eigenvalue weighted by Crippen LogP contribution is -1.94. The Balaban J connectivity index is 2.79. The van der Waals surface area contributed by atoms with E-state index in [-0.39, 0.29) is 0 Å². The molecule has 0 saturated carbocycles. The van der Waals surface area contributed by atoms with E-state index in [0.717, 1.165) is 11.3 Å². The molecule has 11 heavy (non-hydrogen) atoms. The fourth-order valence-electron chi connectivity index (χ4n) is 0.977. The molecule has 0 aliphatic rings. The van der Waals surface area contributed by atoms with E-state index in [1.165, 1.54) is 6.33 Å². The number of anilines is 1. The van der Waals surface area contributed by atoms with Crippen LogP contribution < -0.4 is 5.09 Å². The summed E-state index contributed by atoms with van der Waals surface area (Å²) in [4.78, 5) is 4.03. The summed E-state index contributed by atoms with van der Waals surface area (Å²) in [5.74, 6) is 0.815. The highest BCUT2D eigenvalue weighted by Gasteiger charge is 1.98. The minimum Gasteiger partial charge on any atom is -0.353 e. The zero-order chi connectivity index (χ0) is 7.68. The van der Waals surface area contributed by atoms with E-state index in [2.05, 4.69) is 24.6 Å². The van der Waals surface area contributed by atoms with Gasteiger partial charge in [-0.15, -0.1) is 0 Å². The highest BCUT2D eigenvalue weighted by molar-refractivity contribution is 7.18. The van der Waals surface area contributed by atoms with Crippen LogP contribution in [0.2, 0.25) is 0 Å². The average Bonchev–Trinajstić information content (AvgIpc) is 2.50. The number of hydrogen-bond donors (Lipinski definition) is 1. The number of nitrogens with zero attached hydrogens (tertiary/aromatic N) is 3.